The van der Waals surface area contributed by atoms with Crippen LogP contribution in [0.25, 0.3) is 0 Å². The number of hydrazone groups is 1. The molecule has 1 amide bonds. The summed E-state index contributed by atoms with van der Waals surface area (Å²) in [5.41, 5.74) is 3.99. The van der Waals surface area contributed by atoms with E-state index in [9.17, 15) is 4.79 Å². The van der Waals surface area contributed by atoms with Gasteiger partial charge in [0.15, 0.2) is 0 Å². The molecular weight excluding hydrogens is 422 g/mol. The molecule has 1 aliphatic rings. The SMILES string of the molecule is COc1cccc(C2=NN(C(=O)CN(C)Cc3ccccc3)[C@H](c3ccc(Cl)cc3)C2)c1. The van der Waals surface area contributed by atoms with Crippen LogP contribution < -0.4 is 4.74 Å². The summed E-state index contributed by atoms with van der Waals surface area (Å²) in [5.74, 6) is 0.724. The molecule has 0 fully saturated rings. The molecule has 1 atom stereocenters. The van der Waals surface area contributed by atoms with Crippen molar-refractivity contribution in [2.24, 2.45) is 5.10 Å². The zero-order valence-electron chi connectivity index (χ0n) is 18.2. The number of hydrogen-bond acceptors (Lipinski definition) is 4. The smallest absolute Gasteiger partial charge is 0.257 e. The lowest BCUT2D eigenvalue weighted by molar-refractivity contribution is -0.134. The van der Waals surface area contributed by atoms with Crippen LogP contribution in [-0.4, -0.2) is 42.2 Å². The maximum Gasteiger partial charge on any atom is 0.257 e. The first-order valence-corrected chi connectivity index (χ1v) is 10.9. The molecule has 0 aliphatic carbocycles. The number of carbonyl (C=O) groups excluding carboxylic acids is 1. The van der Waals surface area contributed by atoms with Crippen molar-refractivity contribution in [2.75, 3.05) is 20.7 Å². The van der Waals surface area contributed by atoms with Crippen molar-refractivity contribution in [3.05, 3.63) is 101 Å². The van der Waals surface area contributed by atoms with E-state index in [1.54, 1.807) is 12.1 Å². The number of carbonyl (C=O) groups is 1. The molecule has 0 saturated carbocycles. The minimum atomic E-state index is -0.175. The third-order valence-corrected chi connectivity index (χ3v) is 5.78. The van der Waals surface area contributed by atoms with E-state index in [1.165, 1.54) is 5.56 Å². The number of rotatable bonds is 7. The Hall–Kier alpha value is -3.15. The molecule has 0 N–H and O–H groups in total. The fraction of sp³-hybridized carbons (Fsp3) is 0.231. The van der Waals surface area contributed by atoms with E-state index < -0.39 is 0 Å². The number of likely N-dealkylation sites (N-methyl/N-ethyl adjacent to an activating group) is 1. The van der Waals surface area contributed by atoms with Gasteiger partial charge >= 0.3 is 0 Å². The largest absolute Gasteiger partial charge is 0.497 e. The fourth-order valence-corrected chi connectivity index (χ4v) is 4.04. The van der Waals surface area contributed by atoms with Gasteiger partial charge in [-0.2, -0.15) is 5.10 Å². The number of amides is 1. The van der Waals surface area contributed by atoms with Crippen molar-refractivity contribution in [1.29, 1.82) is 0 Å². The lowest BCUT2D eigenvalue weighted by atomic mass is 9.98. The Bertz CT molecular complexity index is 1100. The van der Waals surface area contributed by atoms with Gasteiger partial charge in [0.1, 0.15) is 5.75 Å². The van der Waals surface area contributed by atoms with Crippen molar-refractivity contribution in [2.45, 2.75) is 19.0 Å². The summed E-state index contributed by atoms with van der Waals surface area (Å²) >= 11 is 6.09. The first-order chi connectivity index (χ1) is 15.5. The number of benzene rings is 3. The molecule has 0 radical (unpaired) electrons. The van der Waals surface area contributed by atoms with Gasteiger partial charge in [0, 0.05) is 23.6 Å². The molecule has 5 nitrogen and oxygen atoms in total. The van der Waals surface area contributed by atoms with Crippen LogP contribution in [0.4, 0.5) is 0 Å². The maximum atomic E-state index is 13.3. The fourth-order valence-electron chi connectivity index (χ4n) is 3.92. The Morgan fingerprint density at radius 2 is 1.84 bits per heavy atom. The van der Waals surface area contributed by atoms with Gasteiger partial charge in [0.05, 0.1) is 25.4 Å². The highest BCUT2D eigenvalue weighted by molar-refractivity contribution is 6.30. The van der Waals surface area contributed by atoms with Crippen LogP contribution in [0.15, 0.2) is 84.0 Å². The second kappa shape index (κ2) is 9.98. The first-order valence-electron chi connectivity index (χ1n) is 10.6. The van der Waals surface area contributed by atoms with Gasteiger partial charge in [-0.1, -0.05) is 66.2 Å². The maximum absolute atomic E-state index is 13.3. The molecule has 0 bridgehead atoms. The Kier molecular flexibility index (Phi) is 6.88. The molecule has 164 valence electrons. The summed E-state index contributed by atoms with van der Waals surface area (Å²) in [5, 5.41) is 7.05. The van der Waals surface area contributed by atoms with E-state index in [2.05, 4.69) is 12.1 Å². The lowest BCUT2D eigenvalue weighted by Crippen LogP contribution is -2.36. The highest BCUT2D eigenvalue weighted by Crippen LogP contribution is 2.34. The Morgan fingerprint density at radius 1 is 1.09 bits per heavy atom. The highest BCUT2D eigenvalue weighted by atomic mass is 35.5. The number of methoxy groups -OCH3 is 1. The molecule has 4 rings (SSSR count). The van der Waals surface area contributed by atoms with Crippen LogP contribution in [0, 0.1) is 0 Å². The molecule has 0 saturated heterocycles. The van der Waals surface area contributed by atoms with Crippen LogP contribution in [-0.2, 0) is 11.3 Å². The van der Waals surface area contributed by atoms with Crippen LogP contribution >= 0.6 is 11.6 Å². The Morgan fingerprint density at radius 3 is 2.56 bits per heavy atom. The number of nitrogens with zero attached hydrogens (tertiary/aromatic N) is 3. The van der Waals surface area contributed by atoms with Crippen LogP contribution in [0.3, 0.4) is 0 Å². The second-order valence-corrected chi connectivity index (χ2v) is 8.38. The van der Waals surface area contributed by atoms with E-state index in [-0.39, 0.29) is 18.5 Å². The molecular formula is C26H26ClN3O2. The second-order valence-electron chi connectivity index (χ2n) is 7.95. The van der Waals surface area contributed by atoms with Gasteiger partial charge in [-0.05, 0) is 42.4 Å². The van der Waals surface area contributed by atoms with E-state index in [0.29, 0.717) is 18.0 Å². The standard InChI is InChI=1S/C26H26ClN3O2/c1-29(17-19-7-4-3-5-8-19)18-26(31)30-25(20-11-13-22(27)14-12-20)16-24(28-30)21-9-6-10-23(15-21)32-2/h3-15,25H,16-18H2,1-2H3/t25-/m0/s1. The molecule has 32 heavy (non-hydrogen) atoms. The Labute approximate surface area is 193 Å². The molecule has 1 aliphatic heterocycles. The Balaban J connectivity index is 1.57. The van der Waals surface area contributed by atoms with Gasteiger partial charge in [-0.25, -0.2) is 5.01 Å². The highest BCUT2D eigenvalue weighted by Gasteiger charge is 2.33. The van der Waals surface area contributed by atoms with E-state index in [1.807, 2.05) is 78.7 Å². The third-order valence-electron chi connectivity index (χ3n) is 5.52. The summed E-state index contributed by atoms with van der Waals surface area (Å²) < 4.78 is 5.37. The van der Waals surface area contributed by atoms with E-state index in [4.69, 9.17) is 21.4 Å². The number of hydrogen-bond donors (Lipinski definition) is 0. The van der Waals surface area contributed by atoms with Gasteiger partial charge in [-0.3, -0.25) is 9.69 Å². The van der Waals surface area contributed by atoms with Gasteiger partial charge in [-0.15, -0.1) is 0 Å². The number of halogens is 1. The van der Waals surface area contributed by atoms with Gasteiger partial charge < -0.3 is 4.74 Å². The average molecular weight is 448 g/mol. The van der Waals surface area contributed by atoms with Crippen LogP contribution in [0.1, 0.15) is 29.2 Å². The van der Waals surface area contributed by atoms with Crippen LogP contribution in [0.5, 0.6) is 5.75 Å². The normalized spacial score (nSPS) is 15.7. The minimum Gasteiger partial charge on any atom is -0.497 e. The summed E-state index contributed by atoms with van der Waals surface area (Å²) in [7, 11) is 3.59. The molecule has 0 aromatic heterocycles. The van der Waals surface area contributed by atoms with Crippen molar-refractivity contribution in [1.82, 2.24) is 9.91 Å². The molecule has 3 aromatic rings. The summed E-state index contributed by atoms with van der Waals surface area (Å²) in [6.45, 7) is 0.965. The molecule has 3 aromatic carbocycles. The minimum absolute atomic E-state index is 0.0405. The van der Waals surface area contributed by atoms with Crippen molar-refractivity contribution >= 4 is 23.2 Å². The predicted molar refractivity (Wildman–Crippen MR) is 128 cm³/mol. The van der Waals surface area contributed by atoms with Crippen molar-refractivity contribution < 1.29 is 9.53 Å². The van der Waals surface area contributed by atoms with Gasteiger partial charge in [0.2, 0.25) is 0 Å². The zero-order valence-corrected chi connectivity index (χ0v) is 19.0. The van der Waals surface area contributed by atoms with E-state index >= 15 is 0 Å². The third kappa shape index (κ3) is 5.18. The van der Waals surface area contributed by atoms with Crippen molar-refractivity contribution in [3.63, 3.8) is 0 Å². The molecule has 0 spiro atoms. The van der Waals surface area contributed by atoms with Crippen LogP contribution in [0.2, 0.25) is 5.02 Å². The zero-order chi connectivity index (χ0) is 22.5. The monoisotopic (exact) mass is 447 g/mol. The topological polar surface area (TPSA) is 45.1 Å². The molecule has 1 heterocycles. The first kappa shape index (κ1) is 22.1. The van der Waals surface area contributed by atoms with E-state index in [0.717, 1.165) is 22.6 Å². The quantitative estimate of drug-likeness (QED) is 0.502. The lowest BCUT2D eigenvalue weighted by Gasteiger charge is -2.25. The summed E-state index contributed by atoms with van der Waals surface area (Å²) in [6, 6.07) is 25.4. The van der Waals surface area contributed by atoms with Crippen molar-refractivity contribution in [3.8, 4) is 5.75 Å². The number of ether oxygens (including phenoxy) is 1. The average Bonchev–Trinajstić information content (AvgIpc) is 3.26. The summed E-state index contributed by atoms with van der Waals surface area (Å²) in [4.78, 5) is 15.3. The summed E-state index contributed by atoms with van der Waals surface area (Å²) in [6.07, 6.45) is 0.628. The van der Waals surface area contributed by atoms with Gasteiger partial charge in [0.25, 0.3) is 5.91 Å². The molecule has 0 unspecified atom stereocenters. The molecule has 6 heteroatoms. The predicted octanol–water partition coefficient (Wildman–Crippen LogP) is 5.16.